The predicted molar refractivity (Wildman–Crippen MR) is 110 cm³/mol. The van der Waals surface area contributed by atoms with Crippen molar-refractivity contribution in [1.29, 1.82) is 0 Å². The lowest BCUT2D eigenvalue weighted by atomic mass is 10.2. The largest absolute Gasteiger partial charge is 0.353 e. The monoisotopic (exact) mass is 403 g/mol. The summed E-state index contributed by atoms with van der Waals surface area (Å²) in [6, 6.07) is 7.62. The smallest absolute Gasteiger partial charge is 0.257 e. The Morgan fingerprint density at radius 2 is 1.87 bits per heavy atom. The molecule has 0 bridgehead atoms. The van der Waals surface area contributed by atoms with Gasteiger partial charge in [-0.15, -0.1) is 0 Å². The van der Waals surface area contributed by atoms with Gasteiger partial charge >= 0.3 is 0 Å². The fourth-order valence-electron chi connectivity index (χ4n) is 3.78. The zero-order chi connectivity index (χ0) is 20.7. The average molecular weight is 403 g/mol. The molecule has 1 amide bonds. The number of pyridine rings is 1. The van der Waals surface area contributed by atoms with Crippen molar-refractivity contribution in [1.82, 2.24) is 39.2 Å². The van der Waals surface area contributed by atoms with Crippen LogP contribution in [0.15, 0.2) is 43.0 Å². The molecule has 0 aliphatic carbocycles. The SMILES string of the molecule is Cc1cc(N2CCN(C(=O)c3cnn(-c4ccccn4)c3C)CC2)n2ncnc2n1. The molecule has 1 aliphatic rings. The number of anilines is 1. The average Bonchev–Trinajstić information content (AvgIpc) is 3.40. The molecule has 0 aromatic carbocycles. The molecule has 1 fully saturated rings. The van der Waals surface area contributed by atoms with E-state index in [1.54, 1.807) is 21.6 Å². The van der Waals surface area contributed by atoms with Gasteiger partial charge in [-0.05, 0) is 26.0 Å². The minimum Gasteiger partial charge on any atom is -0.353 e. The van der Waals surface area contributed by atoms with Crippen LogP contribution >= 0.6 is 0 Å². The normalized spacial score (nSPS) is 14.5. The van der Waals surface area contributed by atoms with Gasteiger partial charge < -0.3 is 9.80 Å². The Kier molecular flexibility index (Phi) is 4.38. The second-order valence-corrected chi connectivity index (χ2v) is 7.25. The van der Waals surface area contributed by atoms with Crippen molar-refractivity contribution >= 4 is 17.5 Å². The Labute approximate surface area is 172 Å². The molecule has 0 atom stereocenters. The molecule has 0 spiro atoms. The maximum Gasteiger partial charge on any atom is 0.257 e. The Balaban J connectivity index is 1.33. The zero-order valence-electron chi connectivity index (χ0n) is 16.8. The Hall–Kier alpha value is -3.82. The Bertz CT molecular complexity index is 1210. The lowest BCUT2D eigenvalue weighted by Gasteiger charge is -2.35. The van der Waals surface area contributed by atoms with Crippen LogP contribution in [0.1, 0.15) is 21.7 Å². The van der Waals surface area contributed by atoms with Gasteiger partial charge in [0.2, 0.25) is 0 Å². The van der Waals surface area contributed by atoms with Crippen LogP contribution in [0, 0.1) is 13.8 Å². The number of piperazine rings is 1. The van der Waals surface area contributed by atoms with Crippen molar-refractivity contribution in [3.8, 4) is 5.82 Å². The molecule has 5 heterocycles. The van der Waals surface area contributed by atoms with Crippen LogP contribution in [0.5, 0.6) is 0 Å². The summed E-state index contributed by atoms with van der Waals surface area (Å²) >= 11 is 0. The fourth-order valence-corrected chi connectivity index (χ4v) is 3.78. The molecule has 30 heavy (non-hydrogen) atoms. The van der Waals surface area contributed by atoms with Crippen LogP contribution in [-0.2, 0) is 0 Å². The van der Waals surface area contributed by atoms with Gasteiger partial charge in [-0.2, -0.15) is 19.7 Å². The summed E-state index contributed by atoms with van der Waals surface area (Å²) in [6.45, 7) is 6.48. The van der Waals surface area contributed by atoms with Crippen molar-refractivity contribution in [2.24, 2.45) is 0 Å². The summed E-state index contributed by atoms with van der Waals surface area (Å²) in [7, 11) is 0. The topological polar surface area (TPSA) is 97.3 Å². The van der Waals surface area contributed by atoms with Crippen LogP contribution < -0.4 is 4.90 Å². The molecule has 5 rings (SSSR count). The molecule has 1 aliphatic heterocycles. The molecular weight excluding hydrogens is 382 g/mol. The molecule has 0 saturated carbocycles. The highest BCUT2D eigenvalue weighted by molar-refractivity contribution is 5.95. The Morgan fingerprint density at radius 1 is 1.03 bits per heavy atom. The van der Waals surface area contributed by atoms with E-state index in [0.717, 1.165) is 17.2 Å². The first-order chi connectivity index (χ1) is 14.6. The summed E-state index contributed by atoms with van der Waals surface area (Å²) in [5.41, 5.74) is 2.28. The second kappa shape index (κ2) is 7.21. The third kappa shape index (κ3) is 3.06. The number of carbonyl (C=O) groups excluding carboxylic acids is 1. The number of aryl methyl sites for hydroxylation is 1. The van der Waals surface area contributed by atoms with E-state index in [1.165, 1.54) is 6.33 Å². The highest BCUT2D eigenvalue weighted by Crippen LogP contribution is 2.20. The lowest BCUT2D eigenvalue weighted by Crippen LogP contribution is -2.49. The highest BCUT2D eigenvalue weighted by atomic mass is 16.2. The van der Waals surface area contributed by atoms with Crippen LogP contribution in [0.25, 0.3) is 11.6 Å². The van der Waals surface area contributed by atoms with Crippen LogP contribution in [0.4, 0.5) is 5.82 Å². The standard InChI is InChI=1S/C20H21N9O/c1-14-11-18(29-20(25-14)22-13-24-29)26-7-9-27(10-8-26)19(30)16-12-23-28(15(16)2)17-5-3-4-6-21-17/h3-6,11-13H,7-10H2,1-2H3. The first-order valence-corrected chi connectivity index (χ1v) is 9.79. The van der Waals surface area contributed by atoms with Crippen LogP contribution in [-0.4, -0.2) is 71.3 Å². The molecule has 152 valence electrons. The number of hydrogen-bond donors (Lipinski definition) is 0. The Morgan fingerprint density at radius 3 is 2.63 bits per heavy atom. The summed E-state index contributed by atoms with van der Waals surface area (Å²) in [5, 5.41) is 8.66. The van der Waals surface area contributed by atoms with Gasteiger partial charge in [0.25, 0.3) is 11.7 Å². The number of rotatable bonds is 3. The molecule has 4 aromatic rings. The van der Waals surface area contributed by atoms with Crippen molar-refractivity contribution < 1.29 is 4.79 Å². The summed E-state index contributed by atoms with van der Waals surface area (Å²) in [5.74, 6) is 2.22. The van der Waals surface area contributed by atoms with E-state index in [4.69, 9.17) is 0 Å². The summed E-state index contributed by atoms with van der Waals surface area (Å²) < 4.78 is 3.44. The number of carbonyl (C=O) groups is 1. The van der Waals surface area contributed by atoms with Crippen LogP contribution in [0.3, 0.4) is 0 Å². The minimum atomic E-state index is -0.00820. The molecular formula is C20H21N9O. The maximum atomic E-state index is 13.1. The van der Waals surface area contributed by atoms with Gasteiger partial charge in [0, 0.05) is 44.1 Å². The van der Waals surface area contributed by atoms with Crippen LogP contribution in [0.2, 0.25) is 0 Å². The van der Waals surface area contributed by atoms with Gasteiger partial charge in [-0.1, -0.05) is 6.07 Å². The maximum absolute atomic E-state index is 13.1. The zero-order valence-corrected chi connectivity index (χ0v) is 16.8. The minimum absolute atomic E-state index is 0.00820. The lowest BCUT2D eigenvalue weighted by molar-refractivity contribution is 0.0745. The third-order valence-corrected chi connectivity index (χ3v) is 5.36. The van der Waals surface area contributed by atoms with Gasteiger partial charge in [0.1, 0.15) is 12.1 Å². The first kappa shape index (κ1) is 18.2. The van der Waals surface area contributed by atoms with E-state index in [-0.39, 0.29) is 5.91 Å². The van der Waals surface area contributed by atoms with E-state index in [0.29, 0.717) is 43.3 Å². The fraction of sp³-hybridized carbons (Fsp3) is 0.300. The number of nitrogens with zero attached hydrogens (tertiary/aromatic N) is 9. The molecule has 0 radical (unpaired) electrons. The van der Waals surface area contributed by atoms with Crippen molar-refractivity contribution in [3.63, 3.8) is 0 Å². The molecule has 4 aromatic heterocycles. The number of fused-ring (bicyclic) bond motifs is 1. The van der Waals surface area contributed by atoms with Crippen molar-refractivity contribution in [2.75, 3.05) is 31.1 Å². The molecule has 10 nitrogen and oxygen atoms in total. The van der Waals surface area contributed by atoms with E-state index in [1.807, 2.05) is 43.0 Å². The van der Waals surface area contributed by atoms with Crippen molar-refractivity contribution in [3.05, 3.63) is 59.9 Å². The highest BCUT2D eigenvalue weighted by Gasteiger charge is 2.26. The first-order valence-electron chi connectivity index (χ1n) is 9.79. The van der Waals surface area contributed by atoms with E-state index < -0.39 is 0 Å². The summed E-state index contributed by atoms with van der Waals surface area (Å²) in [6.07, 6.45) is 4.85. The number of amides is 1. The van der Waals surface area contributed by atoms with E-state index in [9.17, 15) is 4.79 Å². The predicted octanol–water partition coefficient (Wildman–Crippen LogP) is 1.28. The third-order valence-electron chi connectivity index (χ3n) is 5.36. The van der Waals surface area contributed by atoms with Gasteiger partial charge in [-0.3, -0.25) is 4.79 Å². The second-order valence-electron chi connectivity index (χ2n) is 7.25. The molecule has 0 unspecified atom stereocenters. The quantitative estimate of drug-likeness (QED) is 0.508. The summed E-state index contributed by atoms with van der Waals surface area (Å²) in [4.78, 5) is 30.1. The number of aromatic nitrogens is 7. The molecule has 1 saturated heterocycles. The van der Waals surface area contributed by atoms with E-state index in [2.05, 4.69) is 30.0 Å². The van der Waals surface area contributed by atoms with Gasteiger partial charge in [0.05, 0.1) is 17.5 Å². The van der Waals surface area contributed by atoms with Gasteiger partial charge in [0.15, 0.2) is 5.82 Å². The van der Waals surface area contributed by atoms with E-state index >= 15 is 0 Å². The van der Waals surface area contributed by atoms with Crippen molar-refractivity contribution in [2.45, 2.75) is 13.8 Å². The van der Waals surface area contributed by atoms with Gasteiger partial charge in [-0.25, -0.2) is 14.6 Å². The molecule has 0 N–H and O–H groups in total. The molecule has 10 heteroatoms. The number of hydrogen-bond acceptors (Lipinski definition) is 7.